The fourth-order valence-electron chi connectivity index (χ4n) is 3.25. The van der Waals surface area contributed by atoms with E-state index < -0.39 is 17.8 Å². The van der Waals surface area contributed by atoms with Gasteiger partial charge in [0.05, 0.1) is 13.7 Å². The molecule has 0 spiro atoms. The van der Waals surface area contributed by atoms with E-state index in [1.165, 1.54) is 19.1 Å². The van der Waals surface area contributed by atoms with Crippen LogP contribution in [0, 0.1) is 0 Å². The van der Waals surface area contributed by atoms with Crippen molar-refractivity contribution >= 4 is 17.9 Å². The standard InChI is InChI=1S/C20H31N3O5.C10H12O.C3H8/c1-20(2,3)28-19(26)21-12-8-11-16(27-4)18(25)23-14-17(24)22-13-15-9-6-5-7-10-15;1-3-5-9-6-4-7-10(8-9)11-2;1-3-2/h5-7,9-10,16H,8,11-14H2,1-4H3,(H,21,26)(H,22,24)(H,23,25);3-4,6-8H,1,5H2,2H3;3H2,1-2H3. The number of benzene rings is 2. The number of methoxy groups -OCH3 is 2. The highest BCUT2D eigenvalue weighted by molar-refractivity contribution is 5.86. The summed E-state index contributed by atoms with van der Waals surface area (Å²) in [7, 11) is 3.11. The highest BCUT2D eigenvalue weighted by Crippen LogP contribution is 2.12. The molecule has 9 heteroatoms. The van der Waals surface area contributed by atoms with E-state index in [1.54, 1.807) is 27.9 Å². The second kappa shape index (κ2) is 22.8. The van der Waals surface area contributed by atoms with Gasteiger partial charge >= 0.3 is 6.09 Å². The molecule has 42 heavy (non-hydrogen) atoms. The molecule has 3 N–H and O–H groups in total. The van der Waals surface area contributed by atoms with Gasteiger partial charge in [0, 0.05) is 20.2 Å². The van der Waals surface area contributed by atoms with Crippen LogP contribution in [-0.2, 0) is 32.0 Å². The van der Waals surface area contributed by atoms with Crippen LogP contribution in [0.4, 0.5) is 4.79 Å². The van der Waals surface area contributed by atoms with Gasteiger partial charge in [-0.3, -0.25) is 9.59 Å². The van der Waals surface area contributed by atoms with Crippen molar-refractivity contribution in [3.63, 3.8) is 0 Å². The van der Waals surface area contributed by atoms with E-state index in [1.807, 2.05) is 54.6 Å². The molecule has 2 aromatic rings. The topological polar surface area (TPSA) is 115 Å². The monoisotopic (exact) mass is 585 g/mol. The summed E-state index contributed by atoms with van der Waals surface area (Å²) in [6, 6.07) is 17.5. The number of hydrogen-bond donors (Lipinski definition) is 3. The number of ether oxygens (including phenoxy) is 3. The van der Waals surface area contributed by atoms with Gasteiger partial charge in [0.2, 0.25) is 11.8 Å². The second-order valence-electron chi connectivity index (χ2n) is 10.3. The molecular formula is C33H51N3O6. The molecule has 1 atom stereocenters. The Bertz CT molecular complexity index is 1040. The fraction of sp³-hybridized carbons (Fsp3) is 0.485. The Morgan fingerprint density at radius 1 is 0.929 bits per heavy atom. The van der Waals surface area contributed by atoms with Gasteiger partial charge in [0.1, 0.15) is 17.5 Å². The van der Waals surface area contributed by atoms with Crippen molar-refractivity contribution in [2.24, 2.45) is 0 Å². The lowest BCUT2D eigenvalue weighted by Crippen LogP contribution is -2.42. The number of rotatable bonds is 13. The van der Waals surface area contributed by atoms with E-state index in [0.29, 0.717) is 25.9 Å². The van der Waals surface area contributed by atoms with E-state index in [4.69, 9.17) is 14.2 Å². The van der Waals surface area contributed by atoms with E-state index in [-0.39, 0.29) is 18.4 Å². The van der Waals surface area contributed by atoms with Crippen LogP contribution in [0.2, 0.25) is 0 Å². The predicted octanol–water partition coefficient (Wildman–Crippen LogP) is 5.58. The summed E-state index contributed by atoms with van der Waals surface area (Å²) in [6.07, 6.45) is 3.78. The highest BCUT2D eigenvalue weighted by Gasteiger charge is 2.19. The average molecular weight is 586 g/mol. The van der Waals surface area contributed by atoms with Crippen LogP contribution in [0.5, 0.6) is 5.75 Å². The summed E-state index contributed by atoms with van der Waals surface area (Å²) in [5.74, 6) is 0.262. The van der Waals surface area contributed by atoms with Gasteiger partial charge in [0.25, 0.3) is 0 Å². The Kier molecular flexibility index (Phi) is 20.7. The Labute approximate surface area is 252 Å². The van der Waals surface area contributed by atoms with Gasteiger partial charge in [-0.1, -0.05) is 68.8 Å². The number of nitrogens with one attached hydrogen (secondary N) is 3. The lowest BCUT2D eigenvalue weighted by molar-refractivity contribution is -0.133. The maximum atomic E-state index is 12.1. The molecule has 0 aromatic heterocycles. The summed E-state index contributed by atoms with van der Waals surface area (Å²) in [5, 5.41) is 7.93. The first-order valence-corrected chi connectivity index (χ1v) is 14.3. The molecule has 2 aromatic carbocycles. The van der Waals surface area contributed by atoms with Crippen LogP contribution < -0.4 is 20.7 Å². The highest BCUT2D eigenvalue weighted by atomic mass is 16.6. The molecule has 2 rings (SSSR count). The van der Waals surface area contributed by atoms with Crippen molar-refractivity contribution in [2.45, 2.75) is 78.6 Å². The molecule has 1 unspecified atom stereocenters. The van der Waals surface area contributed by atoms with Crippen molar-refractivity contribution in [1.29, 1.82) is 0 Å². The Morgan fingerprint density at radius 3 is 2.14 bits per heavy atom. The first-order chi connectivity index (χ1) is 20.0. The smallest absolute Gasteiger partial charge is 0.407 e. The summed E-state index contributed by atoms with van der Waals surface area (Å²) in [4.78, 5) is 35.6. The van der Waals surface area contributed by atoms with E-state index in [2.05, 4.69) is 42.4 Å². The number of hydrogen-bond acceptors (Lipinski definition) is 6. The maximum Gasteiger partial charge on any atom is 0.407 e. The third kappa shape index (κ3) is 20.1. The molecule has 0 radical (unpaired) electrons. The Balaban J connectivity index is 0.000000987. The minimum absolute atomic E-state index is 0.123. The van der Waals surface area contributed by atoms with Gasteiger partial charge in [-0.2, -0.15) is 0 Å². The number of carbonyl (C=O) groups excluding carboxylic acids is 3. The van der Waals surface area contributed by atoms with E-state index >= 15 is 0 Å². The Morgan fingerprint density at radius 2 is 1.57 bits per heavy atom. The van der Waals surface area contributed by atoms with Crippen LogP contribution in [-0.4, -0.2) is 56.9 Å². The molecule has 3 amide bonds. The van der Waals surface area contributed by atoms with E-state index in [0.717, 1.165) is 17.7 Å². The minimum Gasteiger partial charge on any atom is -0.497 e. The summed E-state index contributed by atoms with van der Waals surface area (Å²) >= 11 is 0. The lowest BCUT2D eigenvalue weighted by atomic mass is 10.1. The van der Waals surface area contributed by atoms with Crippen LogP contribution >= 0.6 is 0 Å². The van der Waals surface area contributed by atoms with Gasteiger partial charge in [-0.15, -0.1) is 6.58 Å². The molecule has 0 bridgehead atoms. The largest absolute Gasteiger partial charge is 0.497 e. The van der Waals surface area contributed by atoms with Gasteiger partial charge in [-0.05, 0) is 63.3 Å². The molecule has 0 aliphatic carbocycles. The maximum absolute atomic E-state index is 12.1. The zero-order chi connectivity index (χ0) is 31.8. The molecule has 9 nitrogen and oxygen atoms in total. The third-order valence-electron chi connectivity index (χ3n) is 5.16. The van der Waals surface area contributed by atoms with Crippen molar-refractivity contribution in [3.05, 3.63) is 78.4 Å². The fourth-order valence-corrected chi connectivity index (χ4v) is 3.25. The molecule has 0 aliphatic rings. The first kappa shape index (κ1) is 38.1. The van der Waals surface area contributed by atoms with E-state index in [9.17, 15) is 14.4 Å². The summed E-state index contributed by atoms with van der Waals surface area (Å²) in [6.45, 7) is 13.9. The quantitative estimate of drug-likeness (QED) is 0.209. The molecule has 0 fully saturated rings. The minimum atomic E-state index is -0.692. The number of allylic oxidation sites excluding steroid dienone is 1. The van der Waals surface area contributed by atoms with Crippen molar-refractivity contribution in [1.82, 2.24) is 16.0 Å². The molecule has 0 heterocycles. The van der Waals surface area contributed by atoms with Crippen molar-refractivity contribution in [3.8, 4) is 5.75 Å². The molecule has 0 aliphatic heterocycles. The normalized spacial score (nSPS) is 10.8. The summed E-state index contributed by atoms with van der Waals surface area (Å²) in [5.41, 5.74) is 1.66. The Hall–Kier alpha value is -3.85. The molecule has 234 valence electrons. The second-order valence-corrected chi connectivity index (χ2v) is 10.3. The van der Waals surface area contributed by atoms with Crippen LogP contribution in [0.3, 0.4) is 0 Å². The SMILES string of the molecule is C=CCc1cccc(OC)c1.CCC.COC(CCCNC(=O)OC(C)(C)C)C(=O)NCC(=O)NCc1ccccc1. The summed E-state index contributed by atoms with van der Waals surface area (Å²) < 4.78 is 15.4. The third-order valence-corrected chi connectivity index (χ3v) is 5.16. The molecular weight excluding hydrogens is 534 g/mol. The average Bonchev–Trinajstić information content (AvgIpc) is 2.95. The van der Waals surface area contributed by atoms with Crippen molar-refractivity contribution < 1.29 is 28.6 Å². The van der Waals surface area contributed by atoms with Crippen LogP contribution in [0.1, 0.15) is 65.0 Å². The van der Waals surface area contributed by atoms with Gasteiger partial charge < -0.3 is 30.2 Å². The lowest BCUT2D eigenvalue weighted by Gasteiger charge is -2.20. The van der Waals surface area contributed by atoms with Crippen LogP contribution in [0.15, 0.2) is 67.3 Å². The van der Waals surface area contributed by atoms with Gasteiger partial charge in [0.15, 0.2) is 0 Å². The van der Waals surface area contributed by atoms with Crippen molar-refractivity contribution in [2.75, 3.05) is 27.3 Å². The molecule has 0 saturated carbocycles. The molecule has 0 saturated heterocycles. The number of alkyl carbamates (subject to hydrolysis) is 1. The first-order valence-electron chi connectivity index (χ1n) is 14.3. The zero-order valence-electron chi connectivity index (χ0n) is 26.5. The van der Waals surface area contributed by atoms with Crippen LogP contribution in [0.25, 0.3) is 0 Å². The van der Waals surface area contributed by atoms with Gasteiger partial charge in [-0.25, -0.2) is 4.79 Å². The number of amides is 3. The zero-order valence-corrected chi connectivity index (χ0v) is 26.5. The predicted molar refractivity (Wildman–Crippen MR) is 168 cm³/mol. The number of carbonyl (C=O) groups is 3.